The van der Waals surface area contributed by atoms with Crippen molar-refractivity contribution in [2.75, 3.05) is 19.7 Å². The van der Waals surface area contributed by atoms with E-state index < -0.39 is 0 Å². The van der Waals surface area contributed by atoms with Gasteiger partial charge in [-0.2, -0.15) is 0 Å². The van der Waals surface area contributed by atoms with E-state index in [4.69, 9.17) is 4.74 Å². The number of halogens is 1. The van der Waals surface area contributed by atoms with Crippen molar-refractivity contribution in [3.05, 3.63) is 40.5 Å². The molecule has 0 spiro atoms. The Bertz CT molecular complexity index is 617. The van der Waals surface area contributed by atoms with Crippen molar-refractivity contribution in [3.63, 3.8) is 0 Å². The Balaban J connectivity index is 1.99. The standard InChI is InChI=1S/C17H21BrN2O/c1-2-19-11-12-5-4-10-21-17(12)14-7-8-15(18)13-6-3-9-20-16(13)14/h3,6-9,12,17,19H,2,4-5,10-11H2,1H3. The van der Waals surface area contributed by atoms with Crippen molar-refractivity contribution in [1.29, 1.82) is 0 Å². The molecule has 0 radical (unpaired) electrons. The van der Waals surface area contributed by atoms with E-state index in [1.165, 1.54) is 12.0 Å². The van der Waals surface area contributed by atoms with Crippen LogP contribution in [0.15, 0.2) is 34.9 Å². The fourth-order valence-electron chi connectivity index (χ4n) is 3.12. The van der Waals surface area contributed by atoms with E-state index in [1.54, 1.807) is 0 Å². The van der Waals surface area contributed by atoms with Crippen molar-refractivity contribution >= 4 is 26.8 Å². The van der Waals surface area contributed by atoms with Crippen molar-refractivity contribution in [1.82, 2.24) is 10.3 Å². The molecule has 3 nitrogen and oxygen atoms in total. The second kappa shape index (κ2) is 6.86. The van der Waals surface area contributed by atoms with Crippen LogP contribution in [-0.4, -0.2) is 24.7 Å². The van der Waals surface area contributed by atoms with E-state index >= 15 is 0 Å². The topological polar surface area (TPSA) is 34.1 Å². The number of nitrogens with zero attached hydrogens (tertiary/aromatic N) is 1. The lowest BCUT2D eigenvalue weighted by atomic mass is 9.88. The number of rotatable bonds is 4. The molecule has 21 heavy (non-hydrogen) atoms. The summed E-state index contributed by atoms with van der Waals surface area (Å²) >= 11 is 3.62. The second-order valence-electron chi connectivity index (χ2n) is 5.54. The van der Waals surface area contributed by atoms with Gasteiger partial charge in [0.15, 0.2) is 0 Å². The normalized spacial score (nSPS) is 22.6. The Hall–Kier alpha value is -0.970. The van der Waals surface area contributed by atoms with Crippen LogP contribution in [0.3, 0.4) is 0 Å². The van der Waals surface area contributed by atoms with E-state index in [0.29, 0.717) is 5.92 Å². The number of hydrogen-bond donors (Lipinski definition) is 1. The summed E-state index contributed by atoms with van der Waals surface area (Å²) in [4.78, 5) is 4.60. The summed E-state index contributed by atoms with van der Waals surface area (Å²) < 4.78 is 7.22. The molecular formula is C17H21BrN2O. The molecule has 1 aromatic carbocycles. The Labute approximate surface area is 134 Å². The van der Waals surface area contributed by atoms with E-state index in [0.717, 1.165) is 41.5 Å². The van der Waals surface area contributed by atoms with Crippen LogP contribution in [0.4, 0.5) is 0 Å². The third kappa shape index (κ3) is 3.12. The van der Waals surface area contributed by atoms with Crippen molar-refractivity contribution in [2.45, 2.75) is 25.9 Å². The first-order valence-electron chi connectivity index (χ1n) is 7.66. The zero-order valence-electron chi connectivity index (χ0n) is 12.3. The third-order valence-electron chi connectivity index (χ3n) is 4.16. The fourth-order valence-corrected chi connectivity index (χ4v) is 3.57. The number of nitrogens with one attached hydrogen (secondary N) is 1. The third-order valence-corrected chi connectivity index (χ3v) is 4.85. The highest BCUT2D eigenvalue weighted by atomic mass is 79.9. The Kier molecular flexibility index (Phi) is 4.88. The Morgan fingerprint density at radius 3 is 3.14 bits per heavy atom. The number of pyridine rings is 1. The zero-order valence-corrected chi connectivity index (χ0v) is 13.9. The first-order chi connectivity index (χ1) is 10.3. The molecule has 2 heterocycles. The van der Waals surface area contributed by atoms with Gasteiger partial charge < -0.3 is 10.1 Å². The van der Waals surface area contributed by atoms with Gasteiger partial charge in [-0.25, -0.2) is 0 Å². The SMILES string of the molecule is CCNCC1CCCOC1c1ccc(Br)c2cccnc12. The van der Waals surface area contributed by atoms with Crippen LogP contribution < -0.4 is 5.32 Å². The fraction of sp³-hybridized carbons (Fsp3) is 0.471. The summed E-state index contributed by atoms with van der Waals surface area (Å²) in [6.45, 7) is 5.00. The molecular weight excluding hydrogens is 328 g/mol. The maximum Gasteiger partial charge on any atom is 0.0886 e. The summed E-state index contributed by atoms with van der Waals surface area (Å²) in [6.07, 6.45) is 4.36. The monoisotopic (exact) mass is 348 g/mol. The van der Waals surface area contributed by atoms with Gasteiger partial charge in [-0.1, -0.05) is 35.0 Å². The average Bonchev–Trinajstić information content (AvgIpc) is 2.54. The predicted octanol–water partition coefficient (Wildman–Crippen LogP) is 4.07. The zero-order chi connectivity index (χ0) is 14.7. The summed E-state index contributed by atoms with van der Waals surface area (Å²) in [5.41, 5.74) is 2.27. The molecule has 0 bridgehead atoms. The smallest absolute Gasteiger partial charge is 0.0886 e. The minimum Gasteiger partial charge on any atom is -0.373 e. The quantitative estimate of drug-likeness (QED) is 0.903. The van der Waals surface area contributed by atoms with Gasteiger partial charge in [0.1, 0.15) is 0 Å². The van der Waals surface area contributed by atoms with Gasteiger partial charge in [0.25, 0.3) is 0 Å². The number of ether oxygens (including phenoxy) is 1. The van der Waals surface area contributed by atoms with E-state index in [1.807, 2.05) is 12.3 Å². The van der Waals surface area contributed by atoms with Gasteiger partial charge in [-0.3, -0.25) is 4.98 Å². The van der Waals surface area contributed by atoms with Gasteiger partial charge in [-0.15, -0.1) is 0 Å². The van der Waals surface area contributed by atoms with Crippen molar-refractivity contribution < 1.29 is 4.74 Å². The molecule has 3 rings (SSSR count). The molecule has 112 valence electrons. The lowest BCUT2D eigenvalue weighted by Gasteiger charge is -2.32. The second-order valence-corrected chi connectivity index (χ2v) is 6.39. The largest absolute Gasteiger partial charge is 0.373 e. The van der Waals surface area contributed by atoms with Crippen LogP contribution in [-0.2, 0) is 4.74 Å². The lowest BCUT2D eigenvalue weighted by molar-refractivity contribution is -0.0268. The molecule has 2 atom stereocenters. The Morgan fingerprint density at radius 2 is 2.29 bits per heavy atom. The molecule has 2 unspecified atom stereocenters. The molecule has 1 fully saturated rings. The number of hydrogen-bond acceptors (Lipinski definition) is 3. The molecule has 1 aromatic heterocycles. The van der Waals surface area contributed by atoms with Gasteiger partial charge >= 0.3 is 0 Å². The lowest BCUT2D eigenvalue weighted by Crippen LogP contribution is -2.32. The number of benzene rings is 1. The molecule has 4 heteroatoms. The van der Waals surface area contributed by atoms with Crippen LogP contribution in [0.5, 0.6) is 0 Å². The molecule has 1 aliphatic rings. The van der Waals surface area contributed by atoms with Crippen LogP contribution >= 0.6 is 15.9 Å². The summed E-state index contributed by atoms with van der Waals surface area (Å²) in [7, 11) is 0. The van der Waals surface area contributed by atoms with Crippen LogP contribution in [0.1, 0.15) is 31.4 Å². The van der Waals surface area contributed by atoms with Crippen LogP contribution in [0.25, 0.3) is 10.9 Å². The van der Waals surface area contributed by atoms with E-state index in [-0.39, 0.29) is 6.10 Å². The Morgan fingerprint density at radius 1 is 1.38 bits per heavy atom. The van der Waals surface area contributed by atoms with Crippen molar-refractivity contribution in [2.24, 2.45) is 5.92 Å². The summed E-state index contributed by atoms with van der Waals surface area (Å²) in [5, 5.41) is 4.63. The minimum atomic E-state index is 0.142. The molecule has 1 N–H and O–H groups in total. The van der Waals surface area contributed by atoms with Gasteiger partial charge in [0.2, 0.25) is 0 Å². The first-order valence-corrected chi connectivity index (χ1v) is 8.46. The van der Waals surface area contributed by atoms with Gasteiger partial charge in [0.05, 0.1) is 11.6 Å². The minimum absolute atomic E-state index is 0.142. The maximum atomic E-state index is 6.13. The van der Waals surface area contributed by atoms with Gasteiger partial charge in [-0.05, 0) is 31.5 Å². The van der Waals surface area contributed by atoms with Crippen LogP contribution in [0, 0.1) is 5.92 Å². The molecule has 2 aromatic rings. The highest BCUT2D eigenvalue weighted by Gasteiger charge is 2.28. The molecule has 0 aliphatic carbocycles. The summed E-state index contributed by atoms with van der Waals surface area (Å²) in [6, 6.07) is 8.36. The highest BCUT2D eigenvalue weighted by molar-refractivity contribution is 9.10. The van der Waals surface area contributed by atoms with E-state index in [2.05, 4.69) is 51.4 Å². The van der Waals surface area contributed by atoms with Gasteiger partial charge in [0, 0.05) is 40.7 Å². The first kappa shape index (κ1) is 14.9. The highest BCUT2D eigenvalue weighted by Crippen LogP contribution is 2.37. The van der Waals surface area contributed by atoms with E-state index in [9.17, 15) is 0 Å². The number of fused-ring (bicyclic) bond motifs is 1. The van der Waals surface area contributed by atoms with Crippen LogP contribution in [0.2, 0.25) is 0 Å². The molecule has 0 amide bonds. The van der Waals surface area contributed by atoms with Crippen molar-refractivity contribution in [3.8, 4) is 0 Å². The predicted molar refractivity (Wildman–Crippen MR) is 89.4 cm³/mol. The average molecular weight is 349 g/mol. The maximum absolute atomic E-state index is 6.13. The summed E-state index contributed by atoms with van der Waals surface area (Å²) in [5.74, 6) is 0.519. The molecule has 1 saturated heterocycles. The number of aromatic nitrogens is 1. The molecule has 0 saturated carbocycles. The molecule has 1 aliphatic heterocycles.